The predicted octanol–water partition coefficient (Wildman–Crippen LogP) is 2.98. The fraction of sp³-hybridized carbons (Fsp3) is 0.533. The Kier molecular flexibility index (Phi) is 6.40. The molecule has 0 aliphatic carbocycles. The van der Waals surface area contributed by atoms with Crippen LogP contribution in [0.2, 0.25) is 0 Å². The van der Waals surface area contributed by atoms with Crippen LogP contribution in [0.3, 0.4) is 0 Å². The minimum Gasteiger partial charge on any atom is -0.465 e. The molecule has 0 aromatic heterocycles. The molecule has 0 N–H and O–H groups in total. The molecule has 1 aromatic carbocycles. The Balaban J connectivity index is 3.33. The third kappa shape index (κ3) is 4.70. The lowest BCUT2D eigenvalue weighted by molar-refractivity contribution is -0.143. The van der Waals surface area contributed by atoms with Crippen molar-refractivity contribution in [2.45, 2.75) is 44.8 Å². The number of alkyl halides is 3. The summed E-state index contributed by atoms with van der Waals surface area (Å²) in [7, 11) is -4.28. The summed E-state index contributed by atoms with van der Waals surface area (Å²) < 4.78 is 69.9. The fourth-order valence-corrected chi connectivity index (χ4v) is 3.69. The summed E-state index contributed by atoms with van der Waals surface area (Å²) in [5, 5.41) is 0. The number of sulfonamides is 1. The van der Waals surface area contributed by atoms with Crippen LogP contribution in [0.5, 0.6) is 0 Å². The van der Waals surface area contributed by atoms with E-state index in [9.17, 15) is 26.4 Å². The van der Waals surface area contributed by atoms with E-state index in [4.69, 9.17) is 4.74 Å². The Morgan fingerprint density at radius 3 is 2.33 bits per heavy atom. The first-order valence-corrected chi connectivity index (χ1v) is 8.70. The van der Waals surface area contributed by atoms with E-state index in [0.29, 0.717) is 6.07 Å². The number of carbonyl (C=O) groups is 1. The van der Waals surface area contributed by atoms with E-state index in [2.05, 4.69) is 0 Å². The van der Waals surface area contributed by atoms with Gasteiger partial charge in [0.2, 0.25) is 10.0 Å². The molecule has 5 nitrogen and oxygen atoms in total. The number of halogens is 3. The second kappa shape index (κ2) is 7.52. The molecule has 0 aliphatic heterocycles. The van der Waals surface area contributed by atoms with E-state index in [-0.39, 0.29) is 12.2 Å². The lowest BCUT2D eigenvalue weighted by Gasteiger charge is -2.25. The summed E-state index contributed by atoms with van der Waals surface area (Å²) in [4.78, 5) is 11.1. The molecular formula is C15H20F3NO4S. The maximum Gasteiger partial charge on any atom is 0.416 e. The monoisotopic (exact) mass is 367 g/mol. The van der Waals surface area contributed by atoms with Crippen LogP contribution in [0.4, 0.5) is 13.2 Å². The first kappa shape index (κ1) is 20.4. The number of nitrogens with zero attached hydrogens (tertiary/aromatic N) is 1. The van der Waals surface area contributed by atoms with Gasteiger partial charge in [-0.3, -0.25) is 4.79 Å². The molecule has 9 heteroatoms. The van der Waals surface area contributed by atoms with Gasteiger partial charge in [-0.1, -0.05) is 6.07 Å². The van der Waals surface area contributed by atoms with Crippen molar-refractivity contribution >= 4 is 16.0 Å². The zero-order chi connectivity index (χ0) is 18.7. The van der Waals surface area contributed by atoms with E-state index in [1.165, 1.54) is 20.8 Å². The van der Waals surface area contributed by atoms with Gasteiger partial charge in [0.25, 0.3) is 0 Å². The summed E-state index contributed by atoms with van der Waals surface area (Å²) in [5.41, 5.74) is -1.11. The van der Waals surface area contributed by atoms with Crippen LogP contribution in [-0.2, 0) is 25.7 Å². The van der Waals surface area contributed by atoms with Gasteiger partial charge >= 0.3 is 12.1 Å². The molecule has 136 valence electrons. The number of aryl methyl sites for hydroxylation is 1. The van der Waals surface area contributed by atoms with Crippen molar-refractivity contribution in [3.8, 4) is 0 Å². The molecule has 0 bridgehead atoms. The van der Waals surface area contributed by atoms with Crippen LogP contribution in [-0.4, -0.2) is 37.9 Å². The molecule has 0 amide bonds. The number of carbonyl (C=O) groups excluding carboxylic acids is 1. The Labute approximate surface area is 139 Å². The normalized spacial score (nSPS) is 12.7. The van der Waals surface area contributed by atoms with Gasteiger partial charge in [0.15, 0.2) is 0 Å². The highest BCUT2D eigenvalue weighted by Crippen LogP contribution is 2.34. The SMILES string of the molecule is CCOC(=O)CN(C(C)C)S(=O)(=O)c1ccc(C)c(C(F)(F)F)c1. The van der Waals surface area contributed by atoms with E-state index in [0.717, 1.165) is 16.4 Å². The summed E-state index contributed by atoms with van der Waals surface area (Å²) in [6.07, 6.45) is -4.67. The number of ether oxygens (including phenoxy) is 1. The molecule has 0 saturated carbocycles. The highest BCUT2D eigenvalue weighted by atomic mass is 32.2. The Hall–Kier alpha value is -1.61. The zero-order valence-corrected chi connectivity index (χ0v) is 14.7. The van der Waals surface area contributed by atoms with Crippen LogP contribution in [0.15, 0.2) is 23.1 Å². The third-order valence-electron chi connectivity index (χ3n) is 3.29. The predicted molar refractivity (Wildman–Crippen MR) is 81.8 cm³/mol. The maximum absolute atomic E-state index is 13.0. The van der Waals surface area contributed by atoms with Gasteiger partial charge in [-0.2, -0.15) is 17.5 Å². The molecule has 0 radical (unpaired) electrons. The first-order chi connectivity index (χ1) is 10.9. The van der Waals surface area contributed by atoms with E-state index >= 15 is 0 Å². The topological polar surface area (TPSA) is 63.7 Å². The second-order valence-corrected chi connectivity index (χ2v) is 7.31. The van der Waals surface area contributed by atoms with Crippen LogP contribution in [0, 0.1) is 6.92 Å². The molecular weight excluding hydrogens is 347 g/mol. The standard InChI is InChI=1S/C15H20F3NO4S/c1-5-23-14(20)9-19(10(2)3)24(21,22)12-7-6-11(4)13(8-12)15(16,17)18/h6-8,10H,5,9H2,1-4H3. The Morgan fingerprint density at radius 1 is 1.29 bits per heavy atom. The zero-order valence-electron chi connectivity index (χ0n) is 13.8. The highest BCUT2D eigenvalue weighted by Gasteiger charge is 2.35. The van der Waals surface area contributed by atoms with Gasteiger partial charge in [0, 0.05) is 6.04 Å². The van der Waals surface area contributed by atoms with Crippen molar-refractivity contribution in [3.05, 3.63) is 29.3 Å². The second-order valence-electron chi connectivity index (χ2n) is 5.42. The molecule has 1 rings (SSSR count). The van der Waals surface area contributed by atoms with Crippen molar-refractivity contribution in [3.63, 3.8) is 0 Å². The average molecular weight is 367 g/mol. The molecule has 0 fully saturated rings. The largest absolute Gasteiger partial charge is 0.465 e. The minimum absolute atomic E-state index is 0.0770. The van der Waals surface area contributed by atoms with E-state index in [1.54, 1.807) is 6.92 Å². The number of hydrogen-bond acceptors (Lipinski definition) is 4. The van der Waals surface area contributed by atoms with Gasteiger partial charge < -0.3 is 4.74 Å². The molecule has 0 heterocycles. The van der Waals surface area contributed by atoms with Crippen molar-refractivity contribution in [2.75, 3.05) is 13.2 Å². The van der Waals surface area contributed by atoms with Crippen molar-refractivity contribution in [2.24, 2.45) is 0 Å². The van der Waals surface area contributed by atoms with Gasteiger partial charge in [0.05, 0.1) is 17.1 Å². The minimum atomic E-state index is -4.67. The third-order valence-corrected chi connectivity index (χ3v) is 5.31. The smallest absolute Gasteiger partial charge is 0.416 e. The van der Waals surface area contributed by atoms with E-state index in [1.807, 2.05) is 0 Å². The van der Waals surface area contributed by atoms with Crippen LogP contribution < -0.4 is 0 Å². The van der Waals surface area contributed by atoms with Crippen molar-refractivity contribution in [1.29, 1.82) is 0 Å². The lowest BCUT2D eigenvalue weighted by Crippen LogP contribution is -2.41. The molecule has 0 unspecified atom stereocenters. The molecule has 0 saturated heterocycles. The molecule has 0 spiro atoms. The summed E-state index contributed by atoms with van der Waals surface area (Å²) in [5.74, 6) is -0.766. The fourth-order valence-electron chi connectivity index (χ4n) is 2.08. The average Bonchev–Trinajstić information content (AvgIpc) is 2.43. The van der Waals surface area contributed by atoms with Gasteiger partial charge in [-0.15, -0.1) is 0 Å². The van der Waals surface area contributed by atoms with Crippen LogP contribution >= 0.6 is 0 Å². The van der Waals surface area contributed by atoms with Crippen LogP contribution in [0.25, 0.3) is 0 Å². The summed E-state index contributed by atoms with van der Waals surface area (Å²) in [6, 6.07) is 2.15. The van der Waals surface area contributed by atoms with Crippen LogP contribution in [0.1, 0.15) is 31.9 Å². The number of hydrogen-bond donors (Lipinski definition) is 0. The van der Waals surface area contributed by atoms with Crippen molar-refractivity contribution in [1.82, 2.24) is 4.31 Å². The molecule has 24 heavy (non-hydrogen) atoms. The quantitative estimate of drug-likeness (QED) is 0.725. The summed E-state index contributed by atoms with van der Waals surface area (Å²) in [6.45, 7) is 5.38. The number of rotatable bonds is 6. The summed E-state index contributed by atoms with van der Waals surface area (Å²) >= 11 is 0. The maximum atomic E-state index is 13.0. The van der Waals surface area contributed by atoms with Gasteiger partial charge in [-0.05, 0) is 45.4 Å². The first-order valence-electron chi connectivity index (χ1n) is 7.26. The molecule has 0 aliphatic rings. The van der Waals surface area contributed by atoms with Crippen molar-refractivity contribution < 1.29 is 31.1 Å². The number of benzene rings is 1. The van der Waals surface area contributed by atoms with Gasteiger partial charge in [0.1, 0.15) is 6.54 Å². The molecule has 0 atom stereocenters. The number of esters is 1. The molecule has 1 aromatic rings. The Bertz CT molecular complexity index is 699. The highest BCUT2D eigenvalue weighted by molar-refractivity contribution is 7.89. The van der Waals surface area contributed by atoms with E-state index < -0.39 is 45.2 Å². The lowest BCUT2D eigenvalue weighted by atomic mass is 10.1. The van der Waals surface area contributed by atoms with Gasteiger partial charge in [-0.25, -0.2) is 8.42 Å². The Morgan fingerprint density at radius 2 is 1.88 bits per heavy atom.